The minimum Gasteiger partial charge on any atom is -0.493 e. The second-order valence-corrected chi connectivity index (χ2v) is 7.13. The van der Waals surface area contributed by atoms with Crippen LogP contribution in [-0.4, -0.2) is 54.5 Å². The van der Waals surface area contributed by atoms with Gasteiger partial charge in [-0.05, 0) is 43.7 Å². The number of alkyl halides is 1. The monoisotopic (exact) mass is 433 g/mol. The molecule has 0 amide bonds. The van der Waals surface area contributed by atoms with E-state index in [2.05, 4.69) is 20.6 Å². The zero-order valence-corrected chi connectivity index (χ0v) is 17.8. The van der Waals surface area contributed by atoms with E-state index in [0.29, 0.717) is 47.0 Å². The molecule has 2 N–H and O–H groups in total. The Morgan fingerprint density at radius 1 is 1.13 bits per heavy atom. The number of nitrogens with one attached hydrogen (secondary N) is 2. The molecule has 0 saturated carbocycles. The van der Waals surface area contributed by atoms with E-state index in [-0.39, 0.29) is 19.0 Å². The maximum Gasteiger partial charge on any atom is 0.161 e. The Morgan fingerprint density at radius 2 is 1.93 bits per heavy atom. The van der Waals surface area contributed by atoms with Crippen molar-refractivity contribution < 1.29 is 13.9 Å². The number of pyridine rings is 1. The summed E-state index contributed by atoms with van der Waals surface area (Å²) in [7, 11) is 3.18. The molecule has 1 aliphatic heterocycles. The highest BCUT2D eigenvalue weighted by Crippen LogP contribution is 2.33. The first kappa shape index (κ1) is 22.0. The van der Waals surface area contributed by atoms with E-state index in [0.717, 1.165) is 18.5 Å². The molecular formula is C21H25ClFN5O2. The van der Waals surface area contributed by atoms with E-state index in [1.54, 1.807) is 26.6 Å². The molecule has 0 bridgehead atoms. The van der Waals surface area contributed by atoms with Gasteiger partial charge in [-0.3, -0.25) is 4.98 Å². The van der Waals surface area contributed by atoms with Crippen LogP contribution in [0.15, 0.2) is 36.7 Å². The van der Waals surface area contributed by atoms with Crippen LogP contribution in [0.5, 0.6) is 11.5 Å². The SMILES string of the molecule is COc1ccc(-c2cc3nccnc3c(NC[C@@]3(F)CCCNC3)n2)cc1OC.Cl. The van der Waals surface area contributed by atoms with Gasteiger partial charge in [-0.25, -0.2) is 14.4 Å². The lowest BCUT2D eigenvalue weighted by atomic mass is 9.96. The second kappa shape index (κ2) is 9.40. The fourth-order valence-electron chi connectivity index (χ4n) is 3.56. The molecule has 9 heteroatoms. The second-order valence-electron chi connectivity index (χ2n) is 7.13. The summed E-state index contributed by atoms with van der Waals surface area (Å²) in [4.78, 5) is 13.5. The predicted octanol–water partition coefficient (Wildman–Crippen LogP) is 3.63. The van der Waals surface area contributed by atoms with Gasteiger partial charge < -0.3 is 20.1 Å². The quantitative estimate of drug-likeness (QED) is 0.614. The van der Waals surface area contributed by atoms with Crippen LogP contribution in [0.4, 0.5) is 10.2 Å². The smallest absolute Gasteiger partial charge is 0.161 e. The number of hydrogen-bond donors (Lipinski definition) is 2. The van der Waals surface area contributed by atoms with Crippen molar-refractivity contribution in [1.82, 2.24) is 20.3 Å². The van der Waals surface area contributed by atoms with Crippen LogP contribution < -0.4 is 20.1 Å². The van der Waals surface area contributed by atoms with Crippen molar-refractivity contribution in [2.24, 2.45) is 0 Å². The Kier molecular flexibility index (Phi) is 6.89. The lowest BCUT2D eigenvalue weighted by Gasteiger charge is -2.30. The van der Waals surface area contributed by atoms with Crippen LogP contribution in [0.2, 0.25) is 0 Å². The number of halogens is 2. The number of aromatic nitrogens is 3. The summed E-state index contributed by atoms with van der Waals surface area (Å²) in [6.07, 6.45) is 4.58. The molecule has 4 rings (SSSR count). The molecule has 0 radical (unpaired) electrons. The maximum atomic E-state index is 15.0. The van der Waals surface area contributed by atoms with Gasteiger partial charge >= 0.3 is 0 Å². The largest absolute Gasteiger partial charge is 0.493 e. The zero-order valence-electron chi connectivity index (χ0n) is 16.9. The van der Waals surface area contributed by atoms with Gasteiger partial charge in [0, 0.05) is 24.5 Å². The summed E-state index contributed by atoms with van der Waals surface area (Å²) >= 11 is 0. The molecular weight excluding hydrogens is 409 g/mol. The first-order valence-electron chi connectivity index (χ1n) is 9.59. The van der Waals surface area contributed by atoms with Crippen LogP contribution >= 0.6 is 12.4 Å². The van der Waals surface area contributed by atoms with E-state index >= 15 is 4.39 Å². The first-order valence-corrected chi connectivity index (χ1v) is 9.59. The number of fused-ring (bicyclic) bond motifs is 1. The van der Waals surface area contributed by atoms with E-state index in [1.165, 1.54) is 0 Å². The van der Waals surface area contributed by atoms with Gasteiger partial charge in [0.15, 0.2) is 17.3 Å². The summed E-state index contributed by atoms with van der Waals surface area (Å²) in [5, 5.41) is 6.29. The minimum atomic E-state index is -1.31. The van der Waals surface area contributed by atoms with Crippen LogP contribution in [0.1, 0.15) is 12.8 Å². The molecule has 1 atom stereocenters. The lowest BCUT2D eigenvalue weighted by molar-refractivity contribution is 0.137. The van der Waals surface area contributed by atoms with Gasteiger partial charge in [-0.2, -0.15) is 0 Å². The number of methoxy groups -OCH3 is 2. The summed E-state index contributed by atoms with van der Waals surface area (Å²) in [6.45, 7) is 1.35. The number of anilines is 1. The summed E-state index contributed by atoms with van der Waals surface area (Å²) < 4.78 is 25.8. The molecule has 30 heavy (non-hydrogen) atoms. The number of rotatable bonds is 6. The van der Waals surface area contributed by atoms with E-state index in [1.807, 2.05) is 24.3 Å². The minimum absolute atomic E-state index is 0. The first-order chi connectivity index (χ1) is 14.1. The van der Waals surface area contributed by atoms with Crippen molar-refractivity contribution >= 4 is 29.3 Å². The Balaban J connectivity index is 0.00000256. The Morgan fingerprint density at radius 3 is 2.67 bits per heavy atom. The zero-order chi connectivity index (χ0) is 20.3. The van der Waals surface area contributed by atoms with Crippen molar-refractivity contribution in [1.29, 1.82) is 0 Å². The van der Waals surface area contributed by atoms with E-state index in [4.69, 9.17) is 14.5 Å². The molecule has 1 fully saturated rings. The Labute approximate surface area is 180 Å². The summed E-state index contributed by atoms with van der Waals surface area (Å²) in [6, 6.07) is 7.45. The molecule has 3 aromatic rings. The molecule has 1 saturated heterocycles. The molecule has 0 aliphatic carbocycles. The third-order valence-corrected chi connectivity index (χ3v) is 5.13. The lowest BCUT2D eigenvalue weighted by Crippen LogP contribution is -2.46. The van der Waals surface area contributed by atoms with Crippen LogP contribution in [-0.2, 0) is 0 Å². The maximum absolute atomic E-state index is 15.0. The third-order valence-electron chi connectivity index (χ3n) is 5.13. The number of piperidine rings is 1. The summed E-state index contributed by atoms with van der Waals surface area (Å²) in [5.41, 5.74) is 1.52. The number of benzene rings is 1. The average molecular weight is 434 g/mol. The highest BCUT2D eigenvalue weighted by atomic mass is 35.5. The highest BCUT2D eigenvalue weighted by Gasteiger charge is 2.31. The fourth-order valence-corrected chi connectivity index (χ4v) is 3.56. The van der Waals surface area contributed by atoms with E-state index < -0.39 is 5.67 Å². The molecule has 2 aromatic heterocycles. The van der Waals surface area contributed by atoms with E-state index in [9.17, 15) is 0 Å². The fraction of sp³-hybridized carbons (Fsp3) is 0.381. The average Bonchev–Trinajstić information content (AvgIpc) is 2.77. The van der Waals surface area contributed by atoms with Crippen molar-refractivity contribution in [2.45, 2.75) is 18.5 Å². The molecule has 0 unspecified atom stereocenters. The van der Waals surface area contributed by atoms with Crippen molar-refractivity contribution in [3.05, 3.63) is 36.7 Å². The third kappa shape index (κ3) is 4.55. The molecule has 160 valence electrons. The van der Waals surface area contributed by atoms with Gasteiger partial charge in [-0.15, -0.1) is 12.4 Å². The standard InChI is InChI=1S/C21H24FN5O2.ClH/c1-28-17-5-4-14(10-18(17)29-2)15-11-16-19(25-9-8-24-16)20(27-15)26-13-21(22)6-3-7-23-12-21;/h4-5,8-11,23H,3,6-7,12-13H2,1-2H3,(H,26,27);1H/t21-;/m1./s1. The Bertz CT molecular complexity index is 1010. The topological polar surface area (TPSA) is 81.2 Å². The normalized spacial score (nSPS) is 18.5. The molecule has 7 nitrogen and oxygen atoms in total. The number of hydrogen-bond acceptors (Lipinski definition) is 7. The number of ether oxygens (including phenoxy) is 2. The van der Waals surface area contributed by atoms with Crippen molar-refractivity contribution in [2.75, 3.05) is 39.2 Å². The van der Waals surface area contributed by atoms with Crippen LogP contribution in [0.25, 0.3) is 22.3 Å². The van der Waals surface area contributed by atoms with Crippen LogP contribution in [0, 0.1) is 0 Å². The predicted molar refractivity (Wildman–Crippen MR) is 118 cm³/mol. The Hall–Kier alpha value is -2.71. The molecule has 1 aromatic carbocycles. The number of nitrogens with zero attached hydrogens (tertiary/aromatic N) is 3. The molecule has 3 heterocycles. The van der Waals surface area contributed by atoms with Gasteiger partial charge in [0.1, 0.15) is 11.2 Å². The van der Waals surface area contributed by atoms with Gasteiger partial charge in [-0.1, -0.05) is 0 Å². The van der Waals surface area contributed by atoms with Crippen LogP contribution in [0.3, 0.4) is 0 Å². The summed E-state index contributed by atoms with van der Waals surface area (Å²) in [5.74, 6) is 1.76. The van der Waals surface area contributed by atoms with Crippen molar-refractivity contribution in [3.8, 4) is 22.8 Å². The highest BCUT2D eigenvalue weighted by molar-refractivity contribution is 5.88. The molecule has 1 aliphatic rings. The van der Waals surface area contributed by atoms with Gasteiger partial charge in [0.2, 0.25) is 0 Å². The van der Waals surface area contributed by atoms with Gasteiger partial charge in [0.05, 0.1) is 32.0 Å². The van der Waals surface area contributed by atoms with Crippen molar-refractivity contribution in [3.63, 3.8) is 0 Å². The van der Waals surface area contributed by atoms with Gasteiger partial charge in [0.25, 0.3) is 0 Å². The molecule has 0 spiro atoms.